The van der Waals surface area contributed by atoms with Crippen molar-refractivity contribution in [3.63, 3.8) is 0 Å². The van der Waals surface area contributed by atoms with Crippen LogP contribution in [0, 0.1) is 11.3 Å². The summed E-state index contributed by atoms with van der Waals surface area (Å²) in [5.41, 5.74) is 0. The summed E-state index contributed by atoms with van der Waals surface area (Å²) in [7, 11) is 3.09. The number of hydrogen-bond donors (Lipinski definition) is 2. The van der Waals surface area contributed by atoms with Gasteiger partial charge in [-0.2, -0.15) is 15.3 Å². The van der Waals surface area contributed by atoms with Crippen molar-refractivity contribution in [3.8, 4) is 11.9 Å². The summed E-state index contributed by atoms with van der Waals surface area (Å²) in [4.78, 5) is 7.82. The second kappa shape index (κ2) is 10.7. The normalized spacial score (nSPS) is 10.2. The lowest BCUT2D eigenvalue weighted by Crippen LogP contribution is -1.96. The zero-order chi connectivity index (χ0) is 17.9. The monoisotopic (exact) mass is 432 g/mol. The molecule has 0 saturated carbocycles. The van der Waals surface area contributed by atoms with Crippen LogP contribution in [-0.4, -0.2) is 40.6 Å². The Morgan fingerprint density at radius 2 is 2.29 bits per heavy atom. The van der Waals surface area contributed by atoms with Gasteiger partial charge < -0.3 is 14.8 Å². The Kier molecular flexibility index (Phi) is 8.99. The SMILES string of the molecule is COC(=CC#N)SC.COc1cc(Nc2nc(Cl)ncc2Br)n[nH]1. The van der Waals surface area contributed by atoms with E-state index < -0.39 is 0 Å². The fraction of sp³-hybridized carbons (Fsp3) is 0.231. The number of ether oxygens (including phenoxy) is 2. The van der Waals surface area contributed by atoms with Gasteiger partial charge in [-0.1, -0.05) is 11.8 Å². The van der Waals surface area contributed by atoms with E-state index in [-0.39, 0.29) is 5.28 Å². The number of nitrogens with one attached hydrogen (secondary N) is 2. The molecule has 2 aromatic heterocycles. The summed E-state index contributed by atoms with van der Waals surface area (Å²) in [5.74, 6) is 1.67. The van der Waals surface area contributed by atoms with Crippen LogP contribution in [0.4, 0.5) is 11.6 Å². The highest BCUT2D eigenvalue weighted by molar-refractivity contribution is 9.10. The molecule has 11 heteroatoms. The second-order valence-corrected chi connectivity index (χ2v) is 5.79. The third-order valence-electron chi connectivity index (χ3n) is 2.32. The Morgan fingerprint density at radius 1 is 1.54 bits per heavy atom. The zero-order valence-electron chi connectivity index (χ0n) is 13.0. The van der Waals surface area contributed by atoms with Gasteiger partial charge in [-0.15, -0.1) is 0 Å². The van der Waals surface area contributed by atoms with E-state index in [0.29, 0.717) is 27.1 Å². The molecule has 8 nitrogen and oxygen atoms in total. The predicted molar refractivity (Wildman–Crippen MR) is 97.4 cm³/mol. The molecule has 0 radical (unpaired) electrons. The number of aromatic nitrogens is 4. The van der Waals surface area contributed by atoms with Crippen molar-refractivity contribution in [3.05, 3.63) is 33.2 Å². The van der Waals surface area contributed by atoms with Crippen LogP contribution in [-0.2, 0) is 4.74 Å². The first-order valence-corrected chi connectivity index (χ1v) is 8.65. The lowest BCUT2D eigenvalue weighted by Gasteiger charge is -2.03. The highest BCUT2D eigenvalue weighted by Gasteiger charge is 2.06. The molecule has 2 heterocycles. The summed E-state index contributed by atoms with van der Waals surface area (Å²) in [6.45, 7) is 0. The molecule has 0 fully saturated rings. The van der Waals surface area contributed by atoms with Crippen LogP contribution < -0.4 is 10.1 Å². The van der Waals surface area contributed by atoms with E-state index in [0.717, 1.165) is 0 Å². The summed E-state index contributed by atoms with van der Waals surface area (Å²) in [5, 5.41) is 18.5. The van der Waals surface area contributed by atoms with Gasteiger partial charge in [0, 0.05) is 12.3 Å². The molecule has 0 atom stereocenters. The van der Waals surface area contributed by atoms with Crippen LogP contribution in [0.25, 0.3) is 0 Å². The average Bonchev–Trinajstić information content (AvgIpc) is 3.04. The van der Waals surface area contributed by atoms with Crippen LogP contribution in [0.1, 0.15) is 0 Å². The number of nitrogens with zero attached hydrogens (tertiary/aromatic N) is 4. The zero-order valence-corrected chi connectivity index (χ0v) is 16.2. The molecule has 0 amide bonds. The van der Waals surface area contributed by atoms with Crippen molar-refractivity contribution >= 4 is 50.9 Å². The van der Waals surface area contributed by atoms with Crippen LogP contribution >= 0.6 is 39.3 Å². The molecule has 0 bridgehead atoms. The Hall–Kier alpha value is -1.96. The van der Waals surface area contributed by atoms with Gasteiger partial charge >= 0.3 is 0 Å². The van der Waals surface area contributed by atoms with E-state index in [1.54, 1.807) is 26.5 Å². The van der Waals surface area contributed by atoms with E-state index in [9.17, 15) is 0 Å². The van der Waals surface area contributed by atoms with Crippen molar-refractivity contribution in [2.45, 2.75) is 0 Å². The van der Waals surface area contributed by atoms with E-state index in [1.807, 2.05) is 12.3 Å². The first-order valence-electron chi connectivity index (χ1n) is 6.26. The van der Waals surface area contributed by atoms with Crippen LogP contribution in [0.2, 0.25) is 5.28 Å². The molecule has 0 spiro atoms. The molecular formula is C13H14BrClN6O2S. The van der Waals surface area contributed by atoms with Crippen molar-refractivity contribution in [1.82, 2.24) is 20.2 Å². The molecule has 0 aliphatic heterocycles. The second-order valence-electron chi connectivity index (χ2n) is 3.78. The molecule has 0 aromatic carbocycles. The first-order chi connectivity index (χ1) is 11.5. The minimum absolute atomic E-state index is 0.160. The number of anilines is 2. The topological polar surface area (TPSA) is 109 Å². The van der Waals surface area contributed by atoms with Crippen molar-refractivity contribution in [2.75, 3.05) is 25.8 Å². The number of rotatable bonds is 5. The molecule has 0 aliphatic rings. The van der Waals surface area contributed by atoms with Crippen LogP contribution in [0.3, 0.4) is 0 Å². The van der Waals surface area contributed by atoms with Crippen molar-refractivity contribution in [1.29, 1.82) is 5.26 Å². The highest BCUT2D eigenvalue weighted by atomic mass is 79.9. The first kappa shape index (κ1) is 20.1. The van der Waals surface area contributed by atoms with Gasteiger partial charge in [0.15, 0.2) is 16.7 Å². The molecule has 0 saturated heterocycles. The number of thioether (sulfide) groups is 1. The Bertz CT molecular complexity index is 727. The minimum Gasteiger partial charge on any atom is -0.490 e. The summed E-state index contributed by atoms with van der Waals surface area (Å²) in [6, 6.07) is 3.56. The van der Waals surface area contributed by atoms with Gasteiger partial charge in [0.2, 0.25) is 11.2 Å². The fourth-order valence-corrected chi connectivity index (χ4v) is 2.04. The quantitative estimate of drug-likeness (QED) is 0.417. The summed E-state index contributed by atoms with van der Waals surface area (Å²) >= 11 is 10.4. The Labute approximate surface area is 156 Å². The van der Waals surface area contributed by atoms with Crippen LogP contribution in [0.15, 0.2) is 27.9 Å². The van der Waals surface area contributed by atoms with Gasteiger partial charge in [-0.05, 0) is 33.8 Å². The van der Waals surface area contributed by atoms with E-state index in [1.165, 1.54) is 17.8 Å². The number of allylic oxidation sites excluding steroid dienone is 1. The van der Waals surface area contributed by atoms with Gasteiger partial charge in [0.05, 0.1) is 30.8 Å². The molecule has 128 valence electrons. The Morgan fingerprint density at radius 3 is 2.79 bits per heavy atom. The lowest BCUT2D eigenvalue weighted by atomic mass is 10.5. The summed E-state index contributed by atoms with van der Waals surface area (Å²) < 4.78 is 10.4. The molecule has 2 rings (SSSR count). The molecule has 0 aliphatic carbocycles. The molecule has 2 aromatic rings. The van der Waals surface area contributed by atoms with Gasteiger partial charge in [-0.25, -0.2) is 10.1 Å². The number of H-pyrrole nitrogens is 1. The smallest absolute Gasteiger partial charge is 0.224 e. The van der Waals surface area contributed by atoms with Gasteiger partial charge in [0.1, 0.15) is 0 Å². The summed E-state index contributed by atoms with van der Waals surface area (Å²) in [6.07, 6.45) is 4.78. The maximum absolute atomic E-state index is 8.08. The maximum atomic E-state index is 8.08. The molecular weight excluding hydrogens is 420 g/mol. The fourth-order valence-electron chi connectivity index (χ4n) is 1.28. The number of nitriles is 1. The van der Waals surface area contributed by atoms with E-state index >= 15 is 0 Å². The number of halogens is 2. The number of hydrogen-bond acceptors (Lipinski definition) is 8. The predicted octanol–water partition coefficient (Wildman–Crippen LogP) is 3.73. The van der Waals surface area contributed by atoms with Crippen molar-refractivity contribution < 1.29 is 9.47 Å². The van der Waals surface area contributed by atoms with E-state index in [4.69, 9.17) is 26.3 Å². The average molecular weight is 434 g/mol. The Balaban J connectivity index is 0.000000307. The largest absolute Gasteiger partial charge is 0.490 e. The highest BCUT2D eigenvalue weighted by Crippen LogP contribution is 2.24. The molecule has 24 heavy (non-hydrogen) atoms. The van der Waals surface area contributed by atoms with Crippen molar-refractivity contribution in [2.24, 2.45) is 0 Å². The lowest BCUT2D eigenvalue weighted by molar-refractivity contribution is 0.325. The number of aromatic amines is 1. The standard InChI is InChI=1S/C8H7BrClN5O.C5H7NOS/c1-16-6-2-5(14-15-6)12-7-4(9)3-11-8(10)13-7;1-7-5(8-2)3-4-6/h2-3H,1H3,(H2,11,12,13,14,15);3H,1-2H3. The van der Waals surface area contributed by atoms with Gasteiger partial charge in [0.25, 0.3) is 0 Å². The minimum atomic E-state index is 0.160. The van der Waals surface area contributed by atoms with Crippen LogP contribution in [0.5, 0.6) is 5.88 Å². The number of methoxy groups -OCH3 is 2. The molecule has 0 unspecified atom stereocenters. The van der Waals surface area contributed by atoms with Gasteiger partial charge in [-0.3, -0.25) is 0 Å². The van der Waals surface area contributed by atoms with E-state index in [2.05, 4.69) is 41.4 Å². The maximum Gasteiger partial charge on any atom is 0.224 e. The molecule has 2 N–H and O–H groups in total. The third kappa shape index (κ3) is 6.66. The third-order valence-corrected chi connectivity index (χ3v) is 3.77.